The summed E-state index contributed by atoms with van der Waals surface area (Å²) in [6, 6.07) is 10.8. The topological polar surface area (TPSA) is 73.6 Å². The third-order valence-electron chi connectivity index (χ3n) is 5.44. The third-order valence-corrected chi connectivity index (χ3v) is 5.44. The molecule has 2 N–H and O–H groups in total. The first kappa shape index (κ1) is 25.5. The van der Waals surface area contributed by atoms with Gasteiger partial charge >= 0.3 is 0 Å². The van der Waals surface area contributed by atoms with E-state index in [1.54, 1.807) is 11.0 Å². The number of guanidine groups is 1. The number of aryl methyl sites for hydroxylation is 1. The first-order valence-corrected chi connectivity index (χ1v) is 11.1. The predicted octanol–water partition coefficient (Wildman–Crippen LogP) is 2.09. The molecule has 0 aliphatic carbocycles. The van der Waals surface area contributed by atoms with Crippen molar-refractivity contribution in [2.75, 3.05) is 45.8 Å². The molecule has 2 aromatic rings. The highest BCUT2D eigenvalue weighted by Gasteiger charge is 2.16. The number of benzene rings is 1. The standard InChI is InChI=1S/C22H36N8.HI/c1-3-23-22(25-17-21-26-19-27-28(21)2)24-11-7-8-12-29-13-15-30(16-14-29)18-20-9-5-4-6-10-20;/h4-6,9-10,19H,3,7-8,11-18H2,1-2H3,(H2,23,24,25);1H. The summed E-state index contributed by atoms with van der Waals surface area (Å²) in [5.41, 5.74) is 1.41. The molecule has 1 saturated heterocycles. The van der Waals surface area contributed by atoms with E-state index < -0.39 is 0 Å². The smallest absolute Gasteiger partial charge is 0.191 e. The number of rotatable bonds is 10. The molecule has 1 aliphatic rings. The Kier molecular flexibility index (Phi) is 11.8. The van der Waals surface area contributed by atoms with Gasteiger partial charge in [-0.15, -0.1) is 24.0 Å². The molecule has 1 aromatic carbocycles. The van der Waals surface area contributed by atoms with E-state index in [2.05, 4.69) is 72.8 Å². The molecule has 0 radical (unpaired) electrons. The summed E-state index contributed by atoms with van der Waals surface area (Å²) in [5, 5.41) is 10.8. The number of nitrogens with zero attached hydrogens (tertiary/aromatic N) is 6. The van der Waals surface area contributed by atoms with Crippen molar-refractivity contribution >= 4 is 29.9 Å². The Morgan fingerprint density at radius 1 is 1.03 bits per heavy atom. The summed E-state index contributed by atoms with van der Waals surface area (Å²) in [4.78, 5) is 14.0. The maximum atomic E-state index is 4.60. The number of aliphatic imine (C=N–C) groups is 1. The van der Waals surface area contributed by atoms with Crippen molar-refractivity contribution in [1.29, 1.82) is 0 Å². The van der Waals surface area contributed by atoms with Crippen LogP contribution in [-0.4, -0.2) is 76.3 Å². The average Bonchev–Trinajstić information content (AvgIpc) is 3.18. The van der Waals surface area contributed by atoms with E-state index in [1.165, 1.54) is 31.6 Å². The SMILES string of the molecule is CCNC(=NCc1ncnn1C)NCCCCN1CCN(Cc2ccccc2)CC1.I. The first-order valence-electron chi connectivity index (χ1n) is 11.1. The highest BCUT2D eigenvalue weighted by Crippen LogP contribution is 2.09. The van der Waals surface area contributed by atoms with E-state index in [-0.39, 0.29) is 24.0 Å². The van der Waals surface area contributed by atoms with Gasteiger partial charge in [0, 0.05) is 52.9 Å². The minimum Gasteiger partial charge on any atom is -0.357 e. The zero-order valence-corrected chi connectivity index (χ0v) is 21.2. The van der Waals surface area contributed by atoms with Crippen LogP contribution in [0.4, 0.5) is 0 Å². The number of nitrogens with one attached hydrogen (secondary N) is 2. The quantitative estimate of drug-likeness (QED) is 0.208. The lowest BCUT2D eigenvalue weighted by Gasteiger charge is -2.34. The molecule has 172 valence electrons. The molecule has 0 atom stereocenters. The van der Waals surface area contributed by atoms with E-state index in [4.69, 9.17) is 0 Å². The van der Waals surface area contributed by atoms with Gasteiger partial charge in [0.05, 0.1) is 0 Å². The molecule has 0 saturated carbocycles. The molecule has 1 aromatic heterocycles. The fraction of sp³-hybridized carbons (Fsp3) is 0.591. The monoisotopic (exact) mass is 540 g/mol. The average molecular weight is 540 g/mol. The van der Waals surface area contributed by atoms with Gasteiger partial charge in [0.15, 0.2) is 5.96 Å². The zero-order valence-electron chi connectivity index (χ0n) is 18.8. The van der Waals surface area contributed by atoms with Crippen molar-refractivity contribution in [2.45, 2.75) is 32.9 Å². The molecular formula is C22H37IN8. The Hall–Kier alpha value is -1.72. The highest BCUT2D eigenvalue weighted by atomic mass is 127. The molecule has 3 rings (SSSR count). The molecule has 0 spiro atoms. The van der Waals surface area contributed by atoms with Crippen LogP contribution in [-0.2, 0) is 20.1 Å². The molecule has 2 heterocycles. The summed E-state index contributed by atoms with van der Waals surface area (Å²) in [7, 11) is 1.89. The number of hydrogen-bond donors (Lipinski definition) is 2. The van der Waals surface area contributed by atoms with Gasteiger partial charge in [-0.1, -0.05) is 30.3 Å². The summed E-state index contributed by atoms with van der Waals surface area (Å²) in [5.74, 6) is 1.70. The maximum Gasteiger partial charge on any atom is 0.191 e. The molecule has 31 heavy (non-hydrogen) atoms. The van der Waals surface area contributed by atoms with Crippen LogP contribution in [0.1, 0.15) is 31.2 Å². The molecule has 0 unspecified atom stereocenters. The third kappa shape index (κ3) is 9.12. The molecule has 1 fully saturated rings. The van der Waals surface area contributed by atoms with Gasteiger partial charge < -0.3 is 15.5 Å². The van der Waals surface area contributed by atoms with Crippen LogP contribution in [0.25, 0.3) is 0 Å². The number of halogens is 1. The van der Waals surface area contributed by atoms with E-state index in [0.29, 0.717) is 6.54 Å². The highest BCUT2D eigenvalue weighted by molar-refractivity contribution is 14.0. The predicted molar refractivity (Wildman–Crippen MR) is 137 cm³/mol. The van der Waals surface area contributed by atoms with Gasteiger partial charge in [0.25, 0.3) is 0 Å². The molecule has 0 amide bonds. The Morgan fingerprint density at radius 2 is 1.77 bits per heavy atom. The van der Waals surface area contributed by atoms with Gasteiger partial charge in [0.1, 0.15) is 18.7 Å². The van der Waals surface area contributed by atoms with Crippen molar-refractivity contribution in [3.63, 3.8) is 0 Å². The summed E-state index contributed by atoms with van der Waals surface area (Å²) >= 11 is 0. The second kappa shape index (κ2) is 14.4. The lowest BCUT2D eigenvalue weighted by atomic mass is 10.2. The summed E-state index contributed by atoms with van der Waals surface area (Å²) in [6.07, 6.45) is 3.90. The van der Waals surface area contributed by atoms with Crippen molar-refractivity contribution in [3.05, 3.63) is 48.0 Å². The van der Waals surface area contributed by atoms with Crippen molar-refractivity contribution < 1.29 is 0 Å². The van der Waals surface area contributed by atoms with Gasteiger partial charge in [-0.3, -0.25) is 9.58 Å². The van der Waals surface area contributed by atoms with Gasteiger partial charge in [-0.05, 0) is 31.9 Å². The second-order valence-electron chi connectivity index (χ2n) is 7.73. The van der Waals surface area contributed by atoms with Crippen molar-refractivity contribution in [1.82, 2.24) is 35.2 Å². The fourth-order valence-corrected chi connectivity index (χ4v) is 3.63. The Morgan fingerprint density at radius 3 is 2.45 bits per heavy atom. The van der Waals surface area contributed by atoms with Crippen LogP contribution < -0.4 is 10.6 Å². The summed E-state index contributed by atoms with van der Waals surface area (Å²) < 4.78 is 1.76. The van der Waals surface area contributed by atoms with E-state index in [1.807, 2.05) is 7.05 Å². The largest absolute Gasteiger partial charge is 0.357 e. The normalized spacial score (nSPS) is 15.5. The van der Waals surface area contributed by atoms with Crippen LogP contribution in [0.5, 0.6) is 0 Å². The Labute approximate surface area is 203 Å². The molecule has 8 nitrogen and oxygen atoms in total. The van der Waals surface area contributed by atoms with Crippen LogP contribution in [0, 0.1) is 0 Å². The number of piperazine rings is 1. The number of aromatic nitrogens is 3. The Bertz CT molecular complexity index is 756. The maximum absolute atomic E-state index is 4.60. The minimum absolute atomic E-state index is 0. The number of unbranched alkanes of at least 4 members (excludes halogenated alkanes) is 1. The van der Waals surface area contributed by atoms with Crippen molar-refractivity contribution in [3.8, 4) is 0 Å². The van der Waals surface area contributed by atoms with E-state index in [9.17, 15) is 0 Å². The molecule has 9 heteroatoms. The van der Waals surface area contributed by atoms with E-state index in [0.717, 1.165) is 50.9 Å². The molecule has 0 bridgehead atoms. The Balaban J connectivity index is 0.00000341. The zero-order chi connectivity index (χ0) is 21.0. The van der Waals surface area contributed by atoms with Crippen molar-refractivity contribution in [2.24, 2.45) is 12.0 Å². The molecular weight excluding hydrogens is 503 g/mol. The van der Waals surface area contributed by atoms with Crippen LogP contribution in [0.3, 0.4) is 0 Å². The van der Waals surface area contributed by atoms with Crippen LogP contribution >= 0.6 is 24.0 Å². The van der Waals surface area contributed by atoms with Crippen LogP contribution in [0.15, 0.2) is 41.7 Å². The summed E-state index contributed by atoms with van der Waals surface area (Å²) in [6.45, 7) is 11.3. The first-order chi connectivity index (χ1) is 14.7. The number of hydrogen-bond acceptors (Lipinski definition) is 5. The van der Waals surface area contributed by atoms with Crippen LogP contribution in [0.2, 0.25) is 0 Å². The van der Waals surface area contributed by atoms with Gasteiger partial charge in [-0.2, -0.15) is 5.10 Å². The fourth-order valence-electron chi connectivity index (χ4n) is 3.63. The lowest BCUT2D eigenvalue weighted by molar-refractivity contribution is 0.126. The molecule has 1 aliphatic heterocycles. The van der Waals surface area contributed by atoms with E-state index >= 15 is 0 Å². The lowest BCUT2D eigenvalue weighted by Crippen LogP contribution is -2.46. The second-order valence-corrected chi connectivity index (χ2v) is 7.73. The van der Waals surface area contributed by atoms with Gasteiger partial charge in [0.2, 0.25) is 0 Å². The van der Waals surface area contributed by atoms with Gasteiger partial charge in [-0.25, -0.2) is 9.98 Å². The minimum atomic E-state index is 0.